The molecule has 0 saturated heterocycles. The number of nitrogens with zero attached hydrogens (tertiary/aromatic N) is 3. The Kier molecular flexibility index (Phi) is 5.54. The predicted octanol–water partition coefficient (Wildman–Crippen LogP) is 3.70. The van der Waals surface area contributed by atoms with Crippen molar-refractivity contribution in [1.82, 2.24) is 15.0 Å². The van der Waals surface area contributed by atoms with E-state index in [1.54, 1.807) is 7.05 Å². The number of likely N-dealkylation sites (N-methyl/N-ethyl adjacent to an activating group) is 1. The molecule has 27 heavy (non-hydrogen) atoms. The van der Waals surface area contributed by atoms with Gasteiger partial charge in [-0.2, -0.15) is 4.98 Å². The fraction of sp³-hybridized carbons (Fsp3) is 0.286. The van der Waals surface area contributed by atoms with E-state index < -0.39 is 0 Å². The first-order chi connectivity index (χ1) is 12.9. The zero-order valence-corrected chi connectivity index (χ0v) is 16.0. The highest BCUT2D eigenvalue weighted by atomic mass is 16.5. The smallest absolute Gasteiger partial charge is 0.260 e. The molecule has 0 spiro atoms. The standard InChI is InChI=1S/C21H23N3O3/c1-14-8-10-17(11-9-14)21-22-19(27-23-21)12-24(4)20(25)13-26-18-7-5-6-15(2)16(18)3/h5-11H,12-13H2,1-4H3. The first-order valence-corrected chi connectivity index (χ1v) is 8.76. The number of amides is 1. The lowest BCUT2D eigenvalue weighted by atomic mass is 10.1. The molecule has 0 bridgehead atoms. The third kappa shape index (κ3) is 4.53. The molecule has 2 aromatic carbocycles. The molecule has 6 nitrogen and oxygen atoms in total. The molecular weight excluding hydrogens is 342 g/mol. The lowest BCUT2D eigenvalue weighted by molar-refractivity contribution is -0.132. The van der Waals surface area contributed by atoms with Crippen LogP contribution in [0.3, 0.4) is 0 Å². The fourth-order valence-corrected chi connectivity index (χ4v) is 2.56. The SMILES string of the molecule is Cc1ccc(-c2noc(CN(C)C(=O)COc3cccc(C)c3C)n2)cc1. The van der Waals surface area contributed by atoms with E-state index in [1.165, 1.54) is 4.90 Å². The van der Waals surface area contributed by atoms with Gasteiger partial charge in [-0.1, -0.05) is 47.1 Å². The number of rotatable bonds is 6. The van der Waals surface area contributed by atoms with Crippen LogP contribution >= 0.6 is 0 Å². The Bertz CT molecular complexity index is 932. The van der Waals surface area contributed by atoms with E-state index in [-0.39, 0.29) is 19.1 Å². The van der Waals surface area contributed by atoms with Crippen molar-refractivity contribution in [2.24, 2.45) is 0 Å². The number of benzene rings is 2. The van der Waals surface area contributed by atoms with Crippen molar-refractivity contribution in [1.29, 1.82) is 0 Å². The summed E-state index contributed by atoms with van der Waals surface area (Å²) >= 11 is 0. The number of hydrogen-bond donors (Lipinski definition) is 0. The van der Waals surface area contributed by atoms with Crippen LogP contribution in [0.4, 0.5) is 0 Å². The number of aromatic nitrogens is 2. The van der Waals surface area contributed by atoms with Crippen LogP contribution in [-0.2, 0) is 11.3 Å². The molecule has 1 heterocycles. The first kappa shape index (κ1) is 18.6. The van der Waals surface area contributed by atoms with Crippen molar-refractivity contribution in [3.63, 3.8) is 0 Å². The minimum atomic E-state index is -0.161. The maximum Gasteiger partial charge on any atom is 0.260 e. The lowest BCUT2D eigenvalue weighted by Gasteiger charge is -2.16. The van der Waals surface area contributed by atoms with Crippen LogP contribution in [0, 0.1) is 20.8 Å². The highest BCUT2D eigenvalue weighted by molar-refractivity contribution is 5.77. The molecule has 1 aromatic heterocycles. The Morgan fingerprint density at radius 1 is 1.11 bits per heavy atom. The van der Waals surface area contributed by atoms with E-state index in [4.69, 9.17) is 9.26 Å². The van der Waals surface area contributed by atoms with Crippen LogP contribution in [0.5, 0.6) is 5.75 Å². The van der Waals surface area contributed by atoms with Crippen molar-refractivity contribution in [2.45, 2.75) is 27.3 Å². The fourth-order valence-electron chi connectivity index (χ4n) is 2.56. The molecule has 0 atom stereocenters. The summed E-state index contributed by atoms with van der Waals surface area (Å²) in [6.45, 7) is 6.20. The Labute approximate surface area is 158 Å². The second-order valence-electron chi connectivity index (χ2n) is 6.61. The molecule has 3 aromatic rings. The predicted molar refractivity (Wildman–Crippen MR) is 102 cm³/mol. The number of carbonyl (C=O) groups excluding carboxylic acids is 1. The Morgan fingerprint density at radius 3 is 2.59 bits per heavy atom. The number of ether oxygens (including phenoxy) is 1. The summed E-state index contributed by atoms with van der Waals surface area (Å²) in [5, 5.41) is 3.99. The van der Waals surface area contributed by atoms with E-state index in [0.717, 1.165) is 28.0 Å². The van der Waals surface area contributed by atoms with E-state index in [2.05, 4.69) is 10.1 Å². The number of aryl methyl sites for hydroxylation is 2. The summed E-state index contributed by atoms with van der Waals surface area (Å²) in [5.41, 5.74) is 4.20. The largest absolute Gasteiger partial charge is 0.483 e. The van der Waals surface area contributed by atoms with Crippen LogP contribution in [-0.4, -0.2) is 34.6 Å². The molecule has 0 aliphatic carbocycles. The molecule has 0 N–H and O–H groups in total. The molecule has 3 rings (SSSR count). The van der Waals surface area contributed by atoms with Crippen LogP contribution in [0.1, 0.15) is 22.6 Å². The van der Waals surface area contributed by atoms with Gasteiger partial charge in [0.25, 0.3) is 5.91 Å². The highest BCUT2D eigenvalue weighted by Gasteiger charge is 2.16. The van der Waals surface area contributed by atoms with Gasteiger partial charge in [0, 0.05) is 12.6 Å². The molecule has 0 radical (unpaired) electrons. The monoisotopic (exact) mass is 365 g/mol. The molecule has 140 valence electrons. The van der Waals surface area contributed by atoms with Gasteiger partial charge in [-0.3, -0.25) is 4.79 Å². The number of carbonyl (C=O) groups is 1. The van der Waals surface area contributed by atoms with Crippen molar-refractivity contribution >= 4 is 5.91 Å². The second-order valence-corrected chi connectivity index (χ2v) is 6.61. The van der Waals surface area contributed by atoms with Crippen LogP contribution in [0.2, 0.25) is 0 Å². The van der Waals surface area contributed by atoms with Crippen molar-refractivity contribution in [3.05, 3.63) is 65.0 Å². The Hall–Kier alpha value is -3.15. The van der Waals surface area contributed by atoms with Gasteiger partial charge in [-0.05, 0) is 38.0 Å². The minimum Gasteiger partial charge on any atom is -0.483 e. The second kappa shape index (κ2) is 8.03. The number of hydrogen-bond acceptors (Lipinski definition) is 5. The van der Waals surface area contributed by atoms with E-state index in [0.29, 0.717) is 11.7 Å². The zero-order valence-electron chi connectivity index (χ0n) is 16.0. The molecular formula is C21H23N3O3. The van der Waals surface area contributed by atoms with Crippen molar-refractivity contribution in [3.8, 4) is 17.1 Å². The molecule has 6 heteroatoms. The van der Waals surface area contributed by atoms with Crippen LogP contribution in [0.15, 0.2) is 47.0 Å². The summed E-state index contributed by atoms with van der Waals surface area (Å²) in [4.78, 5) is 18.2. The first-order valence-electron chi connectivity index (χ1n) is 8.76. The van der Waals surface area contributed by atoms with Gasteiger partial charge in [0.2, 0.25) is 11.7 Å². The van der Waals surface area contributed by atoms with E-state index >= 15 is 0 Å². The van der Waals surface area contributed by atoms with Gasteiger partial charge >= 0.3 is 0 Å². The third-order valence-corrected chi connectivity index (χ3v) is 4.48. The molecule has 1 amide bonds. The summed E-state index contributed by atoms with van der Waals surface area (Å²) in [5.74, 6) is 1.45. The average molecular weight is 365 g/mol. The van der Waals surface area contributed by atoms with Crippen LogP contribution in [0.25, 0.3) is 11.4 Å². The van der Waals surface area contributed by atoms with Gasteiger partial charge in [0.1, 0.15) is 5.75 Å². The van der Waals surface area contributed by atoms with Gasteiger partial charge in [-0.15, -0.1) is 0 Å². The minimum absolute atomic E-state index is 0.0419. The van der Waals surface area contributed by atoms with E-state index in [9.17, 15) is 4.79 Å². The quantitative estimate of drug-likeness (QED) is 0.666. The third-order valence-electron chi connectivity index (χ3n) is 4.48. The molecule has 0 unspecified atom stereocenters. The summed E-state index contributed by atoms with van der Waals surface area (Å²) in [6, 6.07) is 13.7. The molecule has 0 aliphatic rings. The lowest BCUT2D eigenvalue weighted by Crippen LogP contribution is -2.31. The van der Waals surface area contributed by atoms with Crippen molar-refractivity contribution in [2.75, 3.05) is 13.7 Å². The van der Waals surface area contributed by atoms with Gasteiger partial charge < -0.3 is 14.2 Å². The average Bonchev–Trinajstić information content (AvgIpc) is 3.11. The topological polar surface area (TPSA) is 68.5 Å². The summed E-state index contributed by atoms with van der Waals surface area (Å²) < 4.78 is 10.9. The summed E-state index contributed by atoms with van der Waals surface area (Å²) in [6.07, 6.45) is 0. The Balaban J connectivity index is 1.58. The zero-order chi connectivity index (χ0) is 19.4. The van der Waals surface area contributed by atoms with E-state index in [1.807, 2.05) is 63.2 Å². The van der Waals surface area contributed by atoms with Gasteiger partial charge in [0.15, 0.2) is 6.61 Å². The molecule has 0 aliphatic heterocycles. The van der Waals surface area contributed by atoms with Crippen LogP contribution < -0.4 is 4.74 Å². The van der Waals surface area contributed by atoms with Gasteiger partial charge in [0.05, 0.1) is 6.54 Å². The molecule has 0 fully saturated rings. The highest BCUT2D eigenvalue weighted by Crippen LogP contribution is 2.21. The summed E-state index contributed by atoms with van der Waals surface area (Å²) in [7, 11) is 1.69. The molecule has 0 saturated carbocycles. The van der Waals surface area contributed by atoms with Gasteiger partial charge in [-0.25, -0.2) is 0 Å². The maximum absolute atomic E-state index is 12.3. The maximum atomic E-state index is 12.3. The van der Waals surface area contributed by atoms with Crippen molar-refractivity contribution < 1.29 is 14.1 Å². The normalized spacial score (nSPS) is 10.7. The Morgan fingerprint density at radius 2 is 1.85 bits per heavy atom.